The van der Waals surface area contributed by atoms with Gasteiger partial charge >= 0.3 is 5.97 Å². The number of carbonyl (C=O) groups excluding carboxylic acids is 1. The molecule has 0 aromatic heterocycles. The van der Waals surface area contributed by atoms with Gasteiger partial charge in [0.2, 0.25) is 0 Å². The van der Waals surface area contributed by atoms with Crippen LogP contribution >= 0.6 is 0 Å². The summed E-state index contributed by atoms with van der Waals surface area (Å²) >= 11 is 0. The summed E-state index contributed by atoms with van der Waals surface area (Å²) in [6, 6.07) is 7.94. The van der Waals surface area contributed by atoms with E-state index in [0.717, 1.165) is 11.4 Å². The van der Waals surface area contributed by atoms with Crippen molar-refractivity contribution in [3.8, 4) is 5.75 Å². The first-order valence-electron chi connectivity index (χ1n) is 7.31. The molecule has 5 nitrogen and oxygen atoms in total. The molecule has 1 aliphatic heterocycles. The molecule has 0 radical (unpaired) electrons. The number of nitrogens with zero attached hydrogens (tertiary/aromatic N) is 1. The van der Waals surface area contributed by atoms with Crippen LogP contribution in [0.5, 0.6) is 5.75 Å². The minimum Gasteiger partial charge on any atom is -0.495 e. The third-order valence-corrected chi connectivity index (χ3v) is 4.06. The summed E-state index contributed by atoms with van der Waals surface area (Å²) in [7, 11) is 3.65. The number of likely N-dealkylation sites (tertiary alicyclic amines) is 1. The maximum absolute atomic E-state index is 12.5. The fraction of sp³-hybridized carbons (Fsp3) is 0.562. The van der Waals surface area contributed by atoms with Gasteiger partial charge in [-0.05, 0) is 39.4 Å². The molecule has 0 saturated carbocycles. The maximum atomic E-state index is 12.5. The van der Waals surface area contributed by atoms with Crippen LogP contribution in [0.3, 0.4) is 0 Å². The Kier molecular flexibility index (Phi) is 4.73. The lowest BCUT2D eigenvalue weighted by Crippen LogP contribution is -2.49. The second-order valence-corrected chi connectivity index (χ2v) is 5.60. The van der Waals surface area contributed by atoms with Crippen molar-refractivity contribution in [3.05, 3.63) is 24.3 Å². The SMILES string of the molecule is CCOC(=O)C1(Nc2ccccc2OC)CC(C)N(C)C1. The highest BCUT2D eigenvalue weighted by molar-refractivity contribution is 5.86. The van der Waals surface area contributed by atoms with Crippen LogP contribution in [0.1, 0.15) is 20.3 Å². The van der Waals surface area contributed by atoms with Gasteiger partial charge in [-0.3, -0.25) is 0 Å². The van der Waals surface area contributed by atoms with E-state index in [1.807, 2.05) is 38.2 Å². The number of nitrogens with one attached hydrogen (secondary N) is 1. The van der Waals surface area contributed by atoms with Gasteiger partial charge in [0.1, 0.15) is 11.3 Å². The van der Waals surface area contributed by atoms with Crippen LogP contribution in [0.25, 0.3) is 0 Å². The second-order valence-electron chi connectivity index (χ2n) is 5.60. The minimum absolute atomic E-state index is 0.202. The molecule has 21 heavy (non-hydrogen) atoms. The lowest BCUT2D eigenvalue weighted by Gasteiger charge is -2.29. The summed E-state index contributed by atoms with van der Waals surface area (Å²) in [6.45, 7) is 4.94. The van der Waals surface area contributed by atoms with Crippen LogP contribution in [0.2, 0.25) is 0 Å². The van der Waals surface area contributed by atoms with E-state index in [2.05, 4.69) is 17.1 Å². The number of likely N-dealkylation sites (N-methyl/N-ethyl adjacent to an activating group) is 1. The van der Waals surface area contributed by atoms with E-state index in [0.29, 0.717) is 25.6 Å². The molecule has 2 unspecified atom stereocenters. The molecular formula is C16H24N2O3. The van der Waals surface area contributed by atoms with Crippen molar-refractivity contribution < 1.29 is 14.3 Å². The van der Waals surface area contributed by atoms with Crippen molar-refractivity contribution >= 4 is 11.7 Å². The van der Waals surface area contributed by atoms with Crippen molar-refractivity contribution in [1.29, 1.82) is 0 Å². The molecule has 1 aliphatic rings. The van der Waals surface area contributed by atoms with Gasteiger partial charge in [-0.2, -0.15) is 0 Å². The zero-order valence-corrected chi connectivity index (χ0v) is 13.2. The minimum atomic E-state index is -0.723. The van der Waals surface area contributed by atoms with E-state index in [4.69, 9.17) is 9.47 Å². The summed E-state index contributed by atoms with van der Waals surface area (Å²) in [6.07, 6.45) is 0.709. The summed E-state index contributed by atoms with van der Waals surface area (Å²) in [5.41, 5.74) is 0.0919. The fourth-order valence-corrected chi connectivity index (χ4v) is 2.87. The zero-order valence-electron chi connectivity index (χ0n) is 13.2. The average Bonchev–Trinajstić information content (AvgIpc) is 2.76. The normalized spacial score (nSPS) is 25.6. The van der Waals surface area contributed by atoms with Crippen molar-refractivity contribution in [2.24, 2.45) is 0 Å². The van der Waals surface area contributed by atoms with Crippen molar-refractivity contribution in [3.63, 3.8) is 0 Å². The summed E-state index contributed by atoms with van der Waals surface area (Å²) in [4.78, 5) is 14.7. The molecule has 1 fully saturated rings. The van der Waals surface area contributed by atoms with Gasteiger partial charge in [0, 0.05) is 12.6 Å². The van der Waals surface area contributed by atoms with Gasteiger partial charge in [-0.25, -0.2) is 4.79 Å². The van der Waals surface area contributed by atoms with Crippen molar-refractivity contribution in [1.82, 2.24) is 4.90 Å². The Morgan fingerprint density at radius 3 is 2.76 bits per heavy atom. The van der Waals surface area contributed by atoms with E-state index in [-0.39, 0.29) is 5.97 Å². The standard InChI is InChI=1S/C16H24N2O3/c1-5-21-15(19)16(10-12(2)18(3)11-16)17-13-8-6-7-9-14(13)20-4/h6-9,12,17H,5,10-11H2,1-4H3. The smallest absolute Gasteiger partial charge is 0.333 e. The molecule has 1 heterocycles. The third kappa shape index (κ3) is 3.13. The van der Waals surface area contributed by atoms with E-state index in [1.54, 1.807) is 7.11 Å². The number of carbonyl (C=O) groups is 1. The van der Waals surface area contributed by atoms with E-state index in [1.165, 1.54) is 0 Å². The topological polar surface area (TPSA) is 50.8 Å². The molecule has 2 rings (SSSR count). The Hall–Kier alpha value is -1.75. The Morgan fingerprint density at radius 2 is 2.19 bits per heavy atom. The van der Waals surface area contributed by atoms with Crippen molar-refractivity contribution in [2.75, 3.05) is 32.6 Å². The molecule has 0 amide bonds. The summed E-state index contributed by atoms with van der Waals surface area (Å²) < 4.78 is 10.7. The molecule has 2 atom stereocenters. The Labute approximate surface area is 126 Å². The monoisotopic (exact) mass is 292 g/mol. The van der Waals surface area contributed by atoms with Crippen LogP contribution in [-0.4, -0.2) is 49.8 Å². The largest absolute Gasteiger partial charge is 0.495 e. The maximum Gasteiger partial charge on any atom is 0.333 e. The number of benzene rings is 1. The first-order valence-corrected chi connectivity index (χ1v) is 7.31. The Morgan fingerprint density at radius 1 is 1.48 bits per heavy atom. The van der Waals surface area contributed by atoms with Gasteiger partial charge in [0.05, 0.1) is 19.4 Å². The number of ether oxygens (including phenoxy) is 2. The van der Waals surface area contributed by atoms with E-state index >= 15 is 0 Å². The van der Waals surface area contributed by atoms with Crippen LogP contribution in [-0.2, 0) is 9.53 Å². The van der Waals surface area contributed by atoms with Gasteiger partial charge < -0.3 is 19.7 Å². The van der Waals surface area contributed by atoms with Crippen LogP contribution in [0.4, 0.5) is 5.69 Å². The first-order chi connectivity index (χ1) is 10.0. The molecule has 5 heteroatoms. The second kappa shape index (κ2) is 6.35. The van der Waals surface area contributed by atoms with Gasteiger partial charge in [0.25, 0.3) is 0 Å². The summed E-state index contributed by atoms with van der Waals surface area (Å²) in [5, 5.41) is 3.38. The van der Waals surface area contributed by atoms with Gasteiger partial charge in [-0.15, -0.1) is 0 Å². The quantitative estimate of drug-likeness (QED) is 0.843. The number of hydrogen-bond donors (Lipinski definition) is 1. The highest BCUT2D eigenvalue weighted by Gasteiger charge is 2.48. The first kappa shape index (κ1) is 15.6. The number of rotatable bonds is 5. The number of anilines is 1. The molecule has 1 aromatic rings. The average molecular weight is 292 g/mol. The number of methoxy groups -OCH3 is 1. The third-order valence-electron chi connectivity index (χ3n) is 4.06. The Balaban J connectivity index is 2.31. The molecular weight excluding hydrogens is 268 g/mol. The van der Waals surface area contributed by atoms with Gasteiger partial charge in [0.15, 0.2) is 0 Å². The predicted octanol–water partition coefficient (Wildman–Crippen LogP) is 2.13. The molecule has 0 spiro atoms. The van der Waals surface area contributed by atoms with Crippen molar-refractivity contribution in [2.45, 2.75) is 31.8 Å². The molecule has 0 bridgehead atoms. The lowest BCUT2D eigenvalue weighted by atomic mass is 9.95. The van der Waals surface area contributed by atoms with E-state index < -0.39 is 5.54 Å². The molecule has 116 valence electrons. The number of esters is 1. The molecule has 1 N–H and O–H groups in total. The molecule has 1 saturated heterocycles. The number of para-hydroxylation sites is 2. The number of hydrogen-bond acceptors (Lipinski definition) is 5. The lowest BCUT2D eigenvalue weighted by molar-refractivity contribution is -0.148. The highest BCUT2D eigenvalue weighted by atomic mass is 16.5. The van der Waals surface area contributed by atoms with Crippen LogP contribution in [0.15, 0.2) is 24.3 Å². The van der Waals surface area contributed by atoms with Crippen LogP contribution < -0.4 is 10.1 Å². The molecule has 1 aromatic carbocycles. The van der Waals surface area contributed by atoms with Crippen LogP contribution in [0, 0.1) is 0 Å². The summed E-state index contributed by atoms with van der Waals surface area (Å²) in [5.74, 6) is 0.524. The highest BCUT2D eigenvalue weighted by Crippen LogP contribution is 2.34. The molecule has 0 aliphatic carbocycles. The zero-order chi connectivity index (χ0) is 15.5. The predicted molar refractivity (Wildman–Crippen MR) is 82.7 cm³/mol. The van der Waals surface area contributed by atoms with E-state index in [9.17, 15) is 4.79 Å². The fourth-order valence-electron chi connectivity index (χ4n) is 2.87. The Bertz CT molecular complexity index is 494. The van der Waals surface area contributed by atoms with Gasteiger partial charge in [-0.1, -0.05) is 12.1 Å².